The molecule has 0 aromatic rings. The Bertz CT molecular complexity index is 229. The molecule has 1 saturated carbocycles. The third kappa shape index (κ3) is 6.97. The van der Waals surface area contributed by atoms with Crippen LogP contribution in [0.2, 0.25) is 0 Å². The summed E-state index contributed by atoms with van der Waals surface area (Å²) in [4.78, 5) is 11.7. The van der Waals surface area contributed by atoms with Gasteiger partial charge in [0.1, 0.15) is 6.04 Å². The highest BCUT2D eigenvalue weighted by Gasteiger charge is 2.21. The Morgan fingerprint density at radius 3 is 2.72 bits per heavy atom. The van der Waals surface area contributed by atoms with Crippen molar-refractivity contribution in [2.24, 2.45) is 5.92 Å². The first kappa shape index (κ1) is 15.4. The van der Waals surface area contributed by atoms with Gasteiger partial charge in [0, 0.05) is 13.2 Å². The van der Waals surface area contributed by atoms with Gasteiger partial charge in [0.05, 0.1) is 6.61 Å². The summed E-state index contributed by atoms with van der Waals surface area (Å²) in [5, 5.41) is 3.21. The summed E-state index contributed by atoms with van der Waals surface area (Å²) in [6.07, 6.45) is 5.62. The van der Waals surface area contributed by atoms with Crippen molar-refractivity contribution in [3.8, 4) is 0 Å². The van der Waals surface area contributed by atoms with E-state index < -0.39 is 0 Å². The maximum absolute atomic E-state index is 11.7. The molecule has 0 heterocycles. The number of esters is 1. The Kier molecular flexibility index (Phi) is 8.01. The van der Waals surface area contributed by atoms with Crippen LogP contribution in [-0.2, 0) is 14.3 Å². The van der Waals surface area contributed by atoms with Crippen molar-refractivity contribution in [1.29, 1.82) is 0 Å². The van der Waals surface area contributed by atoms with E-state index in [1.54, 1.807) is 0 Å². The van der Waals surface area contributed by atoms with Crippen LogP contribution in [0.25, 0.3) is 0 Å². The van der Waals surface area contributed by atoms with Crippen LogP contribution < -0.4 is 5.32 Å². The molecule has 0 aromatic heterocycles. The van der Waals surface area contributed by atoms with E-state index in [4.69, 9.17) is 9.47 Å². The molecule has 0 saturated heterocycles. The van der Waals surface area contributed by atoms with Crippen LogP contribution in [0.3, 0.4) is 0 Å². The van der Waals surface area contributed by atoms with Gasteiger partial charge in [-0.05, 0) is 38.6 Å². The second kappa shape index (κ2) is 9.34. The summed E-state index contributed by atoms with van der Waals surface area (Å²) in [6.45, 7) is 6.65. The molecule has 18 heavy (non-hydrogen) atoms. The van der Waals surface area contributed by atoms with Gasteiger partial charge in [0.2, 0.25) is 0 Å². The van der Waals surface area contributed by atoms with E-state index in [0.717, 1.165) is 25.5 Å². The van der Waals surface area contributed by atoms with Crippen LogP contribution in [0, 0.1) is 5.92 Å². The third-order valence-electron chi connectivity index (χ3n) is 3.13. The topological polar surface area (TPSA) is 47.6 Å². The number of carbonyl (C=O) groups excluding carboxylic acids is 1. The second-order valence-corrected chi connectivity index (χ2v) is 4.89. The summed E-state index contributed by atoms with van der Waals surface area (Å²) in [6, 6.07) is -0.217. The summed E-state index contributed by atoms with van der Waals surface area (Å²) in [5.41, 5.74) is 0. The van der Waals surface area contributed by atoms with Gasteiger partial charge in [0.15, 0.2) is 0 Å². The molecule has 1 fully saturated rings. The zero-order valence-electron chi connectivity index (χ0n) is 11.7. The Morgan fingerprint density at radius 1 is 1.33 bits per heavy atom. The summed E-state index contributed by atoms with van der Waals surface area (Å²) < 4.78 is 10.6. The average Bonchev–Trinajstić information content (AvgIpc) is 3.17. The highest BCUT2D eigenvalue weighted by atomic mass is 16.5. The van der Waals surface area contributed by atoms with E-state index in [1.807, 2.05) is 6.92 Å². The van der Waals surface area contributed by atoms with Gasteiger partial charge < -0.3 is 14.8 Å². The van der Waals surface area contributed by atoms with E-state index in [1.165, 1.54) is 19.3 Å². The monoisotopic (exact) mass is 257 g/mol. The number of rotatable bonds is 11. The van der Waals surface area contributed by atoms with Crippen molar-refractivity contribution >= 4 is 5.97 Å². The molecule has 1 atom stereocenters. The van der Waals surface area contributed by atoms with E-state index in [9.17, 15) is 4.79 Å². The molecule has 0 bridgehead atoms. The smallest absolute Gasteiger partial charge is 0.323 e. The molecule has 0 spiro atoms. The van der Waals surface area contributed by atoms with Crippen molar-refractivity contribution in [2.45, 2.75) is 52.0 Å². The van der Waals surface area contributed by atoms with Gasteiger partial charge >= 0.3 is 5.97 Å². The molecule has 4 heteroatoms. The molecule has 0 aliphatic heterocycles. The van der Waals surface area contributed by atoms with Gasteiger partial charge in [0.25, 0.3) is 0 Å². The summed E-state index contributed by atoms with van der Waals surface area (Å²) in [5.74, 6) is 0.751. The van der Waals surface area contributed by atoms with Crippen LogP contribution in [0.1, 0.15) is 46.0 Å². The summed E-state index contributed by atoms with van der Waals surface area (Å²) >= 11 is 0. The standard InChI is InChI=1S/C14H27NO3/c1-3-9-15-13(14(16)18-4-2)8-11-17-10-7-12-5-6-12/h12-13,15H,3-11H2,1-2H3. The normalized spacial score (nSPS) is 16.6. The van der Waals surface area contributed by atoms with E-state index >= 15 is 0 Å². The van der Waals surface area contributed by atoms with Crippen LogP contribution in [0.4, 0.5) is 0 Å². The molecule has 1 unspecified atom stereocenters. The predicted molar refractivity (Wildman–Crippen MR) is 71.5 cm³/mol. The maximum Gasteiger partial charge on any atom is 0.323 e. The molecule has 1 N–H and O–H groups in total. The van der Waals surface area contributed by atoms with Gasteiger partial charge in [-0.25, -0.2) is 0 Å². The highest BCUT2D eigenvalue weighted by molar-refractivity contribution is 5.75. The van der Waals surface area contributed by atoms with E-state index in [2.05, 4.69) is 12.2 Å². The largest absolute Gasteiger partial charge is 0.465 e. The molecular formula is C14H27NO3. The molecule has 1 rings (SSSR count). The molecular weight excluding hydrogens is 230 g/mol. The number of nitrogens with one attached hydrogen (secondary N) is 1. The van der Waals surface area contributed by atoms with E-state index in [0.29, 0.717) is 19.6 Å². The van der Waals surface area contributed by atoms with Crippen molar-refractivity contribution in [3.05, 3.63) is 0 Å². The molecule has 0 radical (unpaired) electrons. The van der Waals surface area contributed by atoms with Crippen LogP contribution >= 0.6 is 0 Å². The highest BCUT2D eigenvalue weighted by Crippen LogP contribution is 2.32. The first-order chi connectivity index (χ1) is 8.77. The number of hydrogen-bond donors (Lipinski definition) is 1. The lowest BCUT2D eigenvalue weighted by Crippen LogP contribution is -2.39. The minimum absolute atomic E-state index is 0.156. The maximum atomic E-state index is 11.7. The minimum atomic E-state index is -0.217. The quantitative estimate of drug-likeness (QED) is 0.455. The number of hydrogen-bond acceptors (Lipinski definition) is 4. The third-order valence-corrected chi connectivity index (χ3v) is 3.13. The molecule has 1 aliphatic rings. The molecule has 1 aliphatic carbocycles. The van der Waals surface area contributed by atoms with Crippen molar-refractivity contribution in [3.63, 3.8) is 0 Å². The zero-order chi connectivity index (χ0) is 13.2. The Labute approximate surface area is 110 Å². The fourth-order valence-corrected chi connectivity index (χ4v) is 1.82. The lowest BCUT2D eigenvalue weighted by atomic mass is 10.2. The van der Waals surface area contributed by atoms with Crippen LogP contribution in [0.15, 0.2) is 0 Å². The zero-order valence-corrected chi connectivity index (χ0v) is 11.7. The van der Waals surface area contributed by atoms with Crippen LogP contribution in [-0.4, -0.2) is 38.4 Å². The number of ether oxygens (including phenoxy) is 2. The fraction of sp³-hybridized carbons (Fsp3) is 0.929. The number of carbonyl (C=O) groups is 1. The SMILES string of the molecule is CCCNC(CCOCCC1CC1)C(=O)OCC. The predicted octanol–water partition coefficient (Wildman–Crippen LogP) is 2.12. The minimum Gasteiger partial charge on any atom is -0.465 e. The molecule has 4 nitrogen and oxygen atoms in total. The fourth-order valence-electron chi connectivity index (χ4n) is 1.82. The Balaban J connectivity index is 2.10. The Hall–Kier alpha value is -0.610. The molecule has 106 valence electrons. The Morgan fingerprint density at radius 2 is 2.11 bits per heavy atom. The van der Waals surface area contributed by atoms with Crippen molar-refractivity contribution < 1.29 is 14.3 Å². The van der Waals surface area contributed by atoms with Gasteiger partial charge in [-0.15, -0.1) is 0 Å². The molecule has 0 aromatic carbocycles. The van der Waals surface area contributed by atoms with Gasteiger partial charge in [-0.2, -0.15) is 0 Å². The van der Waals surface area contributed by atoms with Crippen molar-refractivity contribution in [1.82, 2.24) is 5.32 Å². The lowest BCUT2D eigenvalue weighted by molar-refractivity contribution is -0.146. The first-order valence-corrected chi connectivity index (χ1v) is 7.25. The molecule has 0 amide bonds. The van der Waals surface area contributed by atoms with Crippen LogP contribution in [0.5, 0.6) is 0 Å². The van der Waals surface area contributed by atoms with Crippen molar-refractivity contribution in [2.75, 3.05) is 26.4 Å². The second-order valence-electron chi connectivity index (χ2n) is 4.89. The van der Waals surface area contributed by atoms with Gasteiger partial charge in [-0.1, -0.05) is 19.8 Å². The lowest BCUT2D eigenvalue weighted by Gasteiger charge is -2.16. The average molecular weight is 257 g/mol. The van der Waals surface area contributed by atoms with Gasteiger partial charge in [-0.3, -0.25) is 4.79 Å². The first-order valence-electron chi connectivity index (χ1n) is 7.25. The van der Waals surface area contributed by atoms with E-state index in [-0.39, 0.29) is 12.0 Å². The summed E-state index contributed by atoms with van der Waals surface area (Å²) in [7, 11) is 0.